The maximum atomic E-state index is 11.6. The number of rotatable bonds is 11. The van der Waals surface area contributed by atoms with Crippen molar-refractivity contribution >= 4 is 5.91 Å². The number of hydrogen-bond acceptors (Lipinski definition) is 2. The van der Waals surface area contributed by atoms with Crippen molar-refractivity contribution in [3.05, 3.63) is 0 Å². The Morgan fingerprint density at radius 2 is 1.50 bits per heavy atom. The highest BCUT2D eigenvalue weighted by Crippen LogP contribution is 2.10. The third kappa shape index (κ3) is 9.46. The highest BCUT2D eigenvalue weighted by molar-refractivity contribution is 5.77. The van der Waals surface area contributed by atoms with Gasteiger partial charge < -0.3 is 10.2 Å². The van der Waals surface area contributed by atoms with E-state index in [1.54, 1.807) is 4.90 Å². The third-order valence-corrected chi connectivity index (χ3v) is 3.35. The second kappa shape index (κ2) is 11.5. The number of hydrogen-bond donors (Lipinski definition) is 1. The molecule has 0 atom stereocenters. The van der Waals surface area contributed by atoms with E-state index in [9.17, 15) is 4.79 Å². The molecule has 0 rings (SSSR count). The molecule has 18 heavy (non-hydrogen) atoms. The van der Waals surface area contributed by atoms with E-state index >= 15 is 0 Å². The van der Waals surface area contributed by atoms with Crippen LogP contribution in [-0.4, -0.2) is 37.5 Å². The maximum Gasteiger partial charge on any atom is 0.236 e. The van der Waals surface area contributed by atoms with Crippen molar-refractivity contribution in [3.63, 3.8) is 0 Å². The van der Waals surface area contributed by atoms with Gasteiger partial charge in [0.05, 0.1) is 6.54 Å². The molecule has 0 fully saturated rings. The Kier molecular flexibility index (Phi) is 11.2. The number of likely N-dealkylation sites (N-methyl/N-ethyl adjacent to an activating group) is 1. The number of amides is 1. The fraction of sp³-hybridized carbons (Fsp3) is 0.933. The first-order chi connectivity index (χ1) is 8.61. The zero-order chi connectivity index (χ0) is 13.8. The van der Waals surface area contributed by atoms with Gasteiger partial charge in [-0.3, -0.25) is 4.79 Å². The first-order valence-corrected chi connectivity index (χ1v) is 7.55. The van der Waals surface area contributed by atoms with Crippen LogP contribution in [0.5, 0.6) is 0 Å². The van der Waals surface area contributed by atoms with Gasteiger partial charge in [-0.1, -0.05) is 52.4 Å². The van der Waals surface area contributed by atoms with Crippen molar-refractivity contribution in [3.8, 4) is 0 Å². The molecule has 0 aliphatic carbocycles. The van der Waals surface area contributed by atoms with Crippen LogP contribution in [0.1, 0.15) is 65.2 Å². The molecule has 108 valence electrons. The van der Waals surface area contributed by atoms with Crippen molar-refractivity contribution in [2.45, 2.75) is 71.3 Å². The molecule has 3 nitrogen and oxygen atoms in total. The lowest BCUT2D eigenvalue weighted by atomic mass is 10.0. The molecule has 0 aromatic heterocycles. The second-order valence-corrected chi connectivity index (χ2v) is 5.36. The lowest BCUT2D eigenvalue weighted by molar-refractivity contribution is -0.127. The van der Waals surface area contributed by atoms with Crippen LogP contribution in [0.3, 0.4) is 0 Å². The van der Waals surface area contributed by atoms with E-state index in [1.807, 2.05) is 14.1 Å². The molecule has 0 radical (unpaired) electrons. The lowest BCUT2D eigenvalue weighted by Crippen LogP contribution is -2.38. The van der Waals surface area contributed by atoms with Gasteiger partial charge in [-0.05, 0) is 12.8 Å². The minimum atomic E-state index is 0.172. The summed E-state index contributed by atoms with van der Waals surface area (Å²) in [4.78, 5) is 13.2. The van der Waals surface area contributed by atoms with E-state index in [0.29, 0.717) is 12.6 Å². The van der Waals surface area contributed by atoms with Gasteiger partial charge in [0.1, 0.15) is 0 Å². The topological polar surface area (TPSA) is 32.3 Å². The van der Waals surface area contributed by atoms with Gasteiger partial charge in [-0.25, -0.2) is 0 Å². The third-order valence-electron chi connectivity index (χ3n) is 3.35. The number of nitrogens with one attached hydrogen (secondary N) is 1. The molecule has 0 aromatic rings. The van der Waals surface area contributed by atoms with E-state index in [-0.39, 0.29) is 5.91 Å². The fourth-order valence-corrected chi connectivity index (χ4v) is 2.02. The molecule has 1 N–H and O–H groups in total. The quantitative estimate of drug-likeness (QED) is 0.576. The van der Waals surface area contributed by atoms with Crippen LogP contribution in [0.2, 0.25) is 0 Å². The van der Waals surface area contributed by atoms with Crippen LogP contribution < -0.4 is 5.32 Å². The summed E-state index contributed by atoms with van der Waals surface area (Å²) in [6, 6.07) is 0.520. The van der Waals surface area contributed by atoms with Crippen LogP contribution in [0.25, 0.3) is 0 Å². The van der Waals surface area contributed by atoms with Gasteiger partial charge in [0, 0.05) is 20.1 Å². The Bertz CT molecular complexity index is 195. The maximum absolute atomic E-state index is 11.6. The van der Waals surface area contributed by atoms with Crippen LogP contribution >= 0.6 is 0 Å². The SMILES string of the molecule is CCCCCC(CCCCC)NCC(=O)N(C)C. The molecular weight excluding hydrogens is 224 g/mol. The standard InChI is InChI=1S/C15H32N2O/c1-5-7-9-11-14(12-10-8-6-2)16-13-15(18)17(3)4/h14,16H,5-13H2,1-4H3. The molecular formula is C15H32N2O. The summed E-state index contributed by atoms with van der Waals surface area (Å²) in [5.74, 6) is 0.172. The fourth-order valence-electron chi connectivity index (χ4n) is 2.02. The average Bonchev–Trinajstić information content (AvgIpc) is 2.35. The molecule has 1 amide bonds. The summed E-state index contributed by atoms with van der Waals surface area (Å²) < 4.78 is 0. The summed E-state index contributed by atoms with van der Waals surface area (Å²) in [5, 5.41) is 3.43. The van der Waals surface area contributed by atoms with Gasteiger partial charge in [0.15, 0.2) is 0 Å². The van der Waals surface area contributed by atoms with E-state index in [1.165, 1.54) is 51.4 Å². The van der Waals surface area contributed by atoms with Crippen molar-refractivity contribution in [2.24, 2.45) is 0 Å². The molecule has 0 aliphatic rings. The molecule has 0 unspecified atom stereocenters. The van der Waals surface area contributed by atoms with E-state index in [0.717, 1.165) is 0 Å². The van der Waals surface area contributed by atoms with Crippen molar-refractivity contribution in [2.75, 3.05) is 20.6 Å². The van der Waals surface area contributed by atoms with Gasteiger partial charge in [-0.2, -0.15) is 0 Å². The summed E-state index contributed by atoms with van der Waals surface area (Å²) in [5.41, 5.74) is 0. The second-order valence-electron chi connectivity index (χ2n) is 5.36. The predicted octanol–water partition coefficient (Wildman–Crippen LogP) is 3.19. The lowest BCUT2D eigenvalue weighted by Gasteiger charge is -2.20. The predicted molar refractivity (Wildman–Crippen MR) is 78.8 cm³/mol. The molecule has 0 aromatic carbocycles. The molecule has 3 heteroatoms. The first kappa shape index (κ1) is 17.4. The van der Waals surface area contributed by atoms with Crippen LogP contribution in [0, 0.1) is 0 Å². The highest BCUT2D eigenvalue weighted by atomic mass is 16.2. The minimum absolute atomic E-state index is 0.172. The normalized spacial score (nSPS) is 10.9. The molecule has 0 bridgehead atoms. The number of carbonyl (C=O) groups is 1. The summed E-state index contributed by atoms with van der Waals surface area (Å²) in [6.07, 6.45) is 10.1. The molecule has 0 saturated heterocycles. The first-order valence-electron chi connectivity index (χ1n) is 7.55. The van der Waals surface area contributed by atoms with Crippen LogP contribution in [-0.2, 0) is 4.79 Å². The molecule has 0 aliphatic heterocycles. The number of unbranched alkanes of at least 4 members (excludes halogenated alkanes) is 4. The van der Waals surface area contributed by atoms with E-state index < -0.39 is 0 Å². The Hall–Kier alpha value is -0.570. The summed E-state index contributed by atoms with van der Waals surface area (Å²) >= 11 is 0. The largest absolute Gasteiger partial charge is 0.348 e. The van der Waals surface area contributed by atoms with Crippen LogP contribution in [0.15, 0.2) is 0 Å². The molecule has 0 saturated carbocycles. The van der Waals surface area contributed by atoms with Crippen LogP contribution in [0.4, 0.5) is 0 Å². The molecule has 0 heterocycles. The van der Waals surface area contributed by atoms with Crippen molar-refractivity contribution in [1.29, 1.82) is 0 Å². The Morgan fingerprint density at radius 1 is 1.00 bits per heavy atom. The summed E-state index contributed by atoms with van der Waals surface area (Å²) in [6.45, 7) is 4.94. The number of carbonyl (C=O) groups excluding carboxylic acids is 1. The van der Waals surface area contributed by atoms with Crippen molar-refractivity contribution in [1.82, 2.24) is 10.2 Å². The average molecular weight is 256 g/mol. The summed E-state index contributed by atoms with van der Waals surface area (Å²) in [7, 11) is 3.63. The van der Waals surface area contributed by atoms with Crippen molar-refractivity contribution < 1.29 is 4.79 Å². The smallest absolute Gasteiger partial charge is 0.236 e. The number of nitrogens with zero attached hydrogens (tertiary/aromatic N) is 1. The highest BCUT2D eigenvalue weighted by Gasteiger charge is 2.10. The Balaban J connectivity index is 3.90. The Morgan fingerprint density at radius 3 is 1.89 bits per heavy atom. The molecule has 0 spiro atoms. The zero-order valence-electron chi connectivity index (χ0n) is 12.8. The van der Waals surface area contributed by atoms with Gasteiger partial charge in [0.25, 0.3) is 0 Å². The van der Waals surface area contributed by atoms with E-state index in [4.69, 9.17) is 0 Å². The monoisotopic (exact) mass is 256 g/mol. The van der Waals surface area contributed by atoms with Gasteiger partial charge >= 0.3 is 0 Å². The van der Waals surface area contributed by atoms with Gasteiger partial charge in [-0.15, -0.1) is 0 Å². The van der Waals surface area contributed by atoms with E-state index in [2.05, 4.69) is 19.2 Å². The minimum Gasteiger partial charge on any atom is -0.348 e. The zero-order valence-corrected chi connectivity index (χ0v) is 12.8. The Labute approximate surface area is 113 Å². The van der Waals surface area contributed by atoms with Gasteiger partial charge in [0.2, 0.25) is 5.91 Å².